The summed E-state index contributed by atoms with van der Waals surface area (Å²) < 4.78 is 0. The van der Waals surface area contributed by atoms with Crippen molar-refractivity contribution in [2.24, 2.45) is 0 Å². The van der Waals surface area contributed by atoms with Crippen molar-refractivity contribution >= 4 is 17.4 Å². The molecular formula is C16H17NO3. The largest absolute Gasteiger partial charge is 0.506 e. The van der Waals surface area contributed by atoms with Crippen molar-refractivity contribution in [1.29, 1.82) is 0 Å². The van der Waals surface area contributed by atoms with Gasteiger partial charge in [0.2, 0.25) is 0 Å². The third-order valence-electron chi connectivity index (χ3n) is 3.79. The van der Waals surface area contributed by atoms with Crippen molar-refractivity contribution in [3.05, 3.63) is 40.5 Å². The van der Waals surface area contributed by atoms with Crippen LogP contribution in [0.15, 0.2) is 23.8 Å². The Morgan fingerprint density at radius 1 is 1.15 bits per heavy atom. The minimum absolute atomic E-state index is 0.0538. The number of amides is 1. The molecule has 1 saturated heterocycles. The first kappa shape index (κ1) is 12.9. The van der Waals surface area contributed by atoms with Crippen LogP contribution in [0.2, 0.25) is 0 Å². The Bertz CT molecular complexity index is 621. The molecule has 0 unspecified atom stereocenters. The lowest BCUT2D eigenvalue weighted by atomic mass is 10.0. The molecule has 104 valence electrons. The van der Waals surface area contributed by atoms with Crippen LogP contribution in [0.1, 0.15) is 29.5 Å². The Hall–Kier alpha value is -2.10. The van der Waals surface area contributed by atoms with Crippen LogP contribution in [0.3, 0.4) is 0 Å². The number of aryl methyl sites for hydroxylation is 2. The van der Waals surface area contributed by atoms with Gasteiger partial charge in [0.25, 0.3) is 5.91 Å². The maximum absolute atomic E-state index is 12.3. The molecule has 20 heavy (non-hydrogen) atoms. The highest BCUT2D eigenvalue weighted by atomic mass is 16.3. The van der Waals surface area contributed by atoms with E-state index in [1.165, 1.54) is 0 Å². The summed E-state index contributed by atoms with van der Waals surface area (Å²) in [5.41, 5.74) is 2.46. The Balaban J connectivity index is 2.03. The molecule has 0 spiro atoms. The predicted octanol–water partition coefficient (Wildman–Crippen LogP) is 2.15. The summed E-state index contributed by atoms with van der Waals surface area (Å²) in [5, 5.41) is 10.3. The zero-order valence-electron chi connectivity index (χ0n) is 11.6. The second kappa shape index (κ2) is 4.47. The number of carbonyl (C=O) groups is 2. The van der Waals surface area contributed by atoms with Crippen LogP contribution in [0, 0.1) is 13.8 Å². The topological polar surface area (TPSA) is 57.6 Å². The molecule has 1 aromatic rings. The van der Waals surface area contributed by atoms with Crippen LogP contribution in [0.4, 0.5) is 0 Å². The maximum atomic E-state index is 12.3. The van der Waals surface area contributed by atoms with Crippen LogP contribution in [0.5, 0.6) is 0 Å². The van der Waals surface area contributed by atoms with Gasteiger partial charge in [0.15, 0.2) is 5.78 Å². The van der Waals surface area contributed by atoms with Crippen LogP contribution < -0.4 is 0 Å². The number of carbonyl (C=O) groups excluding carboxylic acids is 2. The summed E-state index contributed by atoms with van der Waals surface area (Å²) in [4.78, 5) is 25.9. The summed E-state index contributed by atoms with van der Waals surface area (Å²) in [7, 11) is 0. The molecule has 1 heterocycles. The fourth-order valence-corrected chi connectivity index (χ4v) is 2.74. The molecule has 4 heteroatoms. The molecule has 2 fully saturated rings. The number of ketones is 1. The standard InChI is InChI=1S/C16H17NO3/c1-9-5-10(2)7-11(6-9)15(19)14-13(18)8-17(16(14)20)12-3-4-12/h5-7,12,19H,3-4,8H2,1-2H3/b15-14-. The second-order valence-corrected chi connectivity index (χ2v) is 5.69. The molecule has 1 amide bonds. The molecule has 1 aliphatic heterocycles. The Morgan fingerprint density at radius 3 is 2.30 bits per heavy atom. The fraction of sp³-hybridized carbons (Fsp3) is 0.375. The van der Waals surface area contributed by atoms with E-state index in [2.05, 4.69) is 0 Å². The van der Waals surface area contributed by atoms with E-state index in [1.54, 1.807) is 17.0 Å². The lowest BCUT2D eigenvalue weighted by Crippen LogP contribution is -2.27. The first-order valence-electron chi connectivity index (χ1n) is 6.83. The van der Waals surface area contributed by atoms with Gasteiger partial charge in [-0.15, -0.1) is 0 Å². The van der Waals surface area contributed by atoms with Gasteiger partial charge in [-0.05, 0) is 38.8 Å². The molecular weight excluding hydrogens is 254 g/mol. The van der Waals surface area contributed by atoms with Crippen molar-refractivity contribution in [3.8, 4) is 0 Å². The highest BCUT2D eigenvalue weighted by Gasteiger charge is 2.43. The number of hydrogen-bond donors (Lipinski definition) is 1. The van der Waals surface area contributed by atoms with Gasteiger partial charge in [-0.2, -0.15) is 0 Å². The average molecular weight is 271 g/mol. The zero-order valence-corrected chi connectivity index (χ0v) is 11.6. The molecule has 4 nitrogen and oxygen atoms in total. The van der Waals surface area contributed by atoms with Crippen LogP contribution in [-0.2, 0) is 9.59 Å². The monoisotopic (exact) mass is 271 g/mol. The summed E-state index contributed by atoms with van der Waals surface area (Å²) in [5.74, 6) is -0.789. The average Bonchev–Trinajstić information content (AvgIpc) is 3.14. The van der Waals surface area contributed by atoms with Gasteiger partial charge in [0.05, 0.1) is 6.54 Å². The number of nitrogens with zero attached hydrogens (tertiary/aromatic N) is 1. The molecule has 3 rings (SSSR count). The molecule has 1 aliphatic carbocycles. The van der Waals surface area contributed by atoms with E-state index in [4.69, 9.17) is 0 Å². The second-order valence-electron chi connectivity index (χ2n) is 5.69. The Kier molecular flexibility index (Phi) is 2.89. The van der Waals surface area contributed by atoms with Gasteiger partial charge < -0.3 is 10.0 Å². The fourth-order valence-electron chi connectivity index (χ4n) is 2.74. The molecule has 1 saturated carbocycles. The summed E-state index contributed by atoms with van der Waals surface area (Å²) >= 11 is 0. The molecule has 0 atom stereocenters. The van der Waals surface area contributed by atoms with E-state index in [0.717, 1.165) is 24.0 Å². The number of hydrogen-bond acceptors (Lipinski definition) is 3. The lowest BCUT2D eigenvalue weighted by Gasteiger charge is -2.12. The molecule has 1 aromatic carbocycles. The molecule has 0 bridgehead atoms. The van der Waals surface area contributed by atoms with Gasteiger partial charge in [0.1, 0.15) is 11.3 Å². The number of aliphatic hydroxyl groups is 1. The summed E-state index contributed by atoms with van der Waals surface area (Å²) in [6, 6.07) is 5.75. The molecule has 0 aromatic heterocycles. The summed E-state index contributed by atoms with van der Waals surface area (Å²) in [6.07, 6.45) is 1.91. The first-order chi connectivity index (χ1) is 9.47. The van der Waals surface area contributed by atoms with E-state index in [-0.39, 0.29) is 35.6 Å². The Labute approximate surface area is 117 Å². The highest BCUT2D eigenvalue weighted by Crippen LogP contribution is 2.33. The SMILES string of the molecule is Cc1cc(C)cc(/C(O)=C2\C(=O)CN(C3CC3)C2=O)c1. The van der Waals surface area contributed by atoms with Crippen molar-refractivity contribution < 1.29 is 14.7 Å². The van der Waals surface area contributed by atoms with Gasteiger partial charge >= 0.3 is 0 Å². The third-order valence-corrected chi connectivity index (χ3v) is 3.79. The molecule has 2 aliphatic rings. The maximum Gasteiger partial charge on any atom is 0.262 e. The van der Waals surface area contributed by atoms with Crippen LogP contribution >= 0.6 is 0 Å². The minimum atomic E-state index is -0.325. The molecule has 0 radical (unpaired) electrons. The van der Waals surface area contributed by atoms with E-state index in [0.29, 0.717) is 5.56 Å². The minimum Gasteiger partial charge on any atom is -0.506 e. The van der Waals surface area contributed by atoms with Crippen LogP contribution in [-0.4, -0.2) is 34.3 Å². The number of likely N-dealkylation sites (tertiary alicyclic amines) is 1. The number of Topliss-reactive ketones (excluding diaryl/α,β-unsaturated/α-hetero) is 1. The predicted molar refractivity (Wildman–Crippen MR) is 75.2 cm³/mol. The number of benzene rings is 1. The highest BCUT2D eigenvalue weighted by molar-refractivity contribution is 6.28. The van der Waals surface area contributed by atoms with Gasteiger partial charge in [-0.3, -0.25) is 9.59 Å². The van der Waals surface area contributed by atoms with Gasteiger partial charge in [0, 0.05) is 11.6 Å². The van der Waals surface area contributed by atoms with E-state index < -0.39 is 0 Å². The lowest BCUT2D eigenvalue weighted by molar-refractivity contribution is -0.125. The van der Waals surface area contributed by atoms with E-state index in [9.17, 15) is 14.7 Å². The van der Waals surface area contributed by atoms with Gasteiger partial charge in [-0.1, -0.05) is 17.2 Å². The van der Waals surface area contributed by atoms with Crippen LogP contribution in [0.25, 0.3) is 5.76 Å². The van der Waals surface area contributed by atoms with E-state index in [1.807, 2.05) is 19.9 Å². The normalized spacial score (nSPS) is 21.6. The van der Waals surface area contributed by atoms with Crippen molar-refractivity contribution in [2.45, 2.75) is 32.7 Å². The quantitative estimate of drug-likeness (QED) is 0.509. The van der Waals surface area contributed by atoms with Crippen molar-refractivity contribution in [1.82, 2.24) is 4.90 Å². The van der Waals surface area contributed by atoms with Gasteiger partial charge in [-0.25, -0.2) is 0 Å². The van der Waals surface area contributed by atoms with Crippen molar-refractivity contribution in [3.63, 3.8) is 0 Å². The summed E-state index contributed by atoms with van der Waals surface area (Å²) in [6.45, 7) is 3.94. The third kappa shape index (κ3) is 2.11. The zero-order chi connectivity index (χ0) is 14.4. The van der Waals surface area contributed by atoms with E-state index >= 15 is 0 Å². The van der Waals surface area contributed by atoms with Crippen molar-refractivity contribution in [2.75, 3.05) is 6.54 Å². The number of rotatable bonds is 2. The first-order valence-corrected chi connectivity index (χ1v) is 6.83. The molecule has 1 N–H and O–H groups in total. The Morgan fingerprint density at radius 2 is 1.75 bits per heavy atom. The smallest absolute Gasteiger partial charge is 0.262 e. The number of aliphatic hydroxyl groups excluding tert-OH is 1.